The lowest BCUT2D eigenvalue weighted by Crippen LogP contribution is -2.42. The number of hydrogen-bond acceptors (Lipinski definition) is 5. The molecule has 0 radical (unpaired) electrons. The van der Waals surface area contributed by atoms with Crippen LogP contribution in [0.15, 0.2) is 22.3 Å². The molecule has 0 unspecified atom stereocenters. The lowest BCUT2D eigenvalue weighted by Gasteiger charge is -2.29. The van der Waals surface area contributed by atoms with Crippen LogP contribution in [0.4, 0.5) is 14.5 Å². The molecule has 118 valence electrons. The van der Waals surface area contributed by atoms with Crippen LogP contribution >= 0.6 is 15.9 Å². The number of carbonyl (C=O) groups excluding carboxylic acids is 2. The molecule has 0 aromatic heterocycles. The van der Waals surface area contributed by atoms with Gasteiger partial charge in [0.1, 0.15) is 5.82 Å². The summed E-state index contributed by atoms with van der Waals surface area (Å²) in [5.41, 5.74) is -0.731. The molecule has 1 aliphatic heterocycles. The molecule has 1 saturated heterocycles. The highest BCUT2D eigenvalue weighted by Crippen LogP contribution is 2.28. The first-order valence-electron chi connectivity index (χ1n) is 6.20. The Bertz CT molecular complexity index is 679. The van der Waals surface area contributed by atoms with Crippen LogP contribution in [0.25, 0.3) is 0 Å². The number of esters is 2. The first-order valence-corrected chi connectivity index (χ1v) is 6.99. The molecule has 0 spiro atoms. The summed E-state index contributed by atoms with van der Waals surface area (Å²) in [6, 6.07) is 1.15. The van der Waals surface area contributed by atoms with Gasteiger partial charge in [0.2, 0.25) is 0 Å². The van der Waals surface area contributed by atoms with Gasteiger partial charge in [-0.1, -0.05) is 0 Å². The van der Waals surface area contributed by atoms with E-state index in [4.69, 9.17) is 9.47 Å². The molecule has 8 heteroatoms. The minimum Gasteiger partial charge on any atom is -0.419 e. The number of carbonyl (C=O) groups is 2. The molecule has 1 aliphatic rings. The number of nitrogens with one attached hydrogen (secondary N) is 1. The van der Waals surface area contributed by atoms with Crippen LogP contribution in [-0.4, -0.2) is 17.7 Å². The van der Waals surface area contributed by atoms with Gasteiger partial charge in [-0.25, -0.2) is 18.4 Å². The Hall–Kier alpha value is -1.96. The minimum absolute atomic E-state index is 0.0437. The van der Waals surface area contributed by atoms with E-state index >= 15 is 0 Å². The number of anilines is 1. The Morgan fingerprint density at radius 3 is 2.27 bits per heavy atom. The normalized spacial score (nSPS) is 16.9. The fraction of sp³-hybridized carbons (Fsp3) is 0.286. The van der Waals surface area contributed by atoms with Gasteiger partial charge in [0.25, 0.3) is 5.79 Å². The van der Waals surface area contributed by atoms with E-state index < -0.39 is 34.9 Å². The van der Waals surface area contributed by atoms with Crippen LogP contribution in [-0.2, 0) is 19.1 Å². The van der Waals surface area contributed by atoms with Crippen LogP contribution in [0, 0.1) is 18.6 Å². The number of halogens is 3. The number of rotatable bonds is 2. The van der Waals surface area contributed by atoms with Crippen LogP contribution < -0.4 is 5.32 Å². The van der Waals surface area contributed by atoms with Gasteiger partial charge in [-0.3, -0.25) is 0 Å². The lowest BCUT2D eigenvalue weighted by atomic mass is 10.2. The summed E-state index contributed by atoms with van der Waals surface area (Å²) in [5, 5.41) is 2.44. The molecule has 0 bridgehead atoms. The zero-order chi connectivity index (χ0) is 16.7. The third kappa shape index (κ3) is 3.11. The summed E-state index contributed by atoms with van der Waals surface area (Å²) in [6.45, 7) is 4.08. The Labute approximate surface area is 133 Å². The molecule has 1 N–H and O–H groups in total. The highest BCUT2D eigenvalue weighted by atomic mass is 79.9. The van der Waals surface area contributed by atoms with Crippen LogP contribution in [0.2, 0.25) is 0 Å². The zero-order valence-electron chi connectivity index (χ0n) is 11.9. The average Bonchev–Trinajstić information content (AvgIpc) is 2.39. The molecule has 22 heavy (non-hydrogen) atoms. The molecule has 0 atom stereocenters. The van der Waals surface area contributed by atoms with Gasteiger partial charge in [0, 0.05) is 25.6 Å². The smallest absolute Gasteiger partial charge is 0.350 e. The third-order valence-corrected chi connectivity index (χ3v) is 3.44. The highest BCUT2D eigenvalue weighted by molar-refractivity contribution is 9.10. The first-order chi connectivity index (χ1) is 10.1. The van der Waals surface area contributed by atoms with Gasteiger partial charge in [-0.15, -0.1) is 0 Å². The summed E-state index contributed by atoms with van der Waals surface area (Å²) in [7, 11) is 0. The van der Waals surface area contributed by atoms with E-state index in [-0.39, 0.29) is 15.7 Å². The maximum absolute atomic E-state index is 13.9. The number of ether oxygens (including phenoxy) is 2. The van der Waals surface area contributed by atoms with Crippen molar-refractivity contribution < 1.29 is 27.8 Å². The van der Waals surface area contributed by atoms with Crippen LogP contribution in [0.1, 0.15) is 19.4 Å². The molecule has 2 rings (SSSR count). The second-order valence-electron chi connectivity index (χ2n) is 5.04. The Balaban J connectivity index is 2.30. The largest absolute Gasteiger partial charge is 0.419 e. The van der Waals surface area contributed by atoms with Crippen LogP contribution in [0.5, 0.6) is 0 Å². The fourth-order valence-corrected chi connectivity index (χ4v) is 2.29. The van der Waals surface area contributed by atoms with Gasteiger partial charge in [-0.2, -0.15) is 0 Å². The molecule has 5 nitrogen and oxygen atoms in total. The maximum Gasteiger partial charge on any atom is 0.350 e. The summed E-state index contributed by atoms with van der Waals surface area (Å²) >= 11 is 2.95. The van der Waals surface area contributed by atoms with Gasteiger partial charge in [-0.05, 0) is 28.9 Å². The number of benzene rings is 1. The molecular weight excluding hydrogens is 364 g/mol. The van der Waals surface area contributed by atoms with E-state index in [1.807, 2.05) is 0 Å². The molecule has 1 heterocycles. The Kier molecular flexibility index (Phi) is 4.23. The summed E-state index contributed by atoms with van der Waals surface area (Å²) in [6.07, 6.45) is 0.960. The molecule has 1 aromatic carbocycles. The third-order valence-electron chi connectivity index (χ3n) is 2.86. The maximum atomic E-state index is 13.9. The topological polar surface area (TPSA) is 64.6 Å². The summed E-state index contributed by atoms with van der Waals surface area (Å²) < 4.78 is 37.2. The number of hydrogen-bond donors (Lipinski definition) is 1. The highest BCUT2D eigenvalue weighted by Gasteiger charge is 2.39. The fourth-order valence-electron chi connectivity index (χ4n) is 1.76. The lowest BCUT2D eigenvalue weighted by molar-refractivity contribution is -0.222. The Morgan fingerprint density at radius 2 is 1.73 bits per heavy atom. The molecule has 1 aromatic rings. The monoisotopic (exact) mass is 375 g/mol. The van der Waals surface area contributed by atoms with Gasteiger partial charge >= 0.3 is 11.9 Å². The van der Waals surface area contributed by atoms with Crippen molar-refractivity contribution in [3.8, 4) is 0 Å². The summed E-state index contributed by atoms with van der Waals surface area (Å²) in [5.74, 6) is -4.71. The second-order valence-corrected chi connectivity index (χ2v) is 5.89. The van der Waals surface area contributed by atoms with Crippen LogP contribution in [0.3, 0.4) is 0 Å². The van der Waals surface area contributed by atoms with E-state index in [1.54, 1.807) is 0 Å². The Morgan fingerprint density at radius 1 is 1.18 bits per heavy atom. The zero-order valence-corrected chi connectivity index (χ0v) is 13.5. The molecule has 1 fully saturated rings. The predicted molar refractivity (Wildman–Crippen MR) is 76.8 cm³/mol. The van der Waals surface area contributed by atoms with Crippen molar-refractivity contribution in [1.29, 1.82) is 0 Å². The van der Waals surface area contributed by atoms with Crippen molar-refractivity contribution in [2.24, 2.45) is 0 Å². The van der Waals surface area contributed by atoms with E-state index in [1.165, 1.54) is 20.8 Å². The second kappa shape index (κ2) is 5.68. The average molecular weight is 376 g/mol. The summed E-state index contributed by atoms with van der Waals surface area (Å²) in [4.78, 5) is 23.4. The van der Waals surface area contributed by atoms with Crippen molar-refractivity contribution in [2.45, 2.75) is 26.6 Å². The van der Waals surface area contributed by atoms with Crippen molar-refractivity contribution in [3.05, 3.63) is 39.5 Å². The van der Waals surface area contributed by atoms with Crippen molar-refractivity contribution in [3.63, 3.8) is 0 Å². The van der Waals surface area contributed by atoms with E-state index in [0.29, 0.717) is 0 Å². The predicted octanol–water partition coefficient (Wildman–Crippen LogP) is 3.17. The SMILES string of the molecule is Cc1c(F)c(Br)cc(NC=C2C(=O)OC(C)(C)OC2=O)c1F. The van der Waals surface area contributed by atoms with Crippen molar-refractivity contribution in [2.75, 3.05) is 5.32 Å². The molecular formula is C14H12BrF2NO4. The van der Waals surface area contributed by atoms with Crippen molar-refractivity contribution in [1.82, 2.24) is 0 Å². The van der Waals surface area contributed by atoms with E-state index in [9.17, 15) is 18.4 Å². The van der Waals surface area contributed by atoms with Gasteiger partial charge in [0.05, 0.1) is 10.2 Å². The molecule has 0 aliphatic carbocycles. The number of cyclic esters (lactones) is 2. The quantitative estimate of drug-likeness (QED) is 0.372. The van der Waals surface area contributed by atoms with Gasteiger partial charge < -0.3 is 14.8 Å². The van der Waals surface area contributed by atoms with Crippen molar-refractivity contribution >= 4 is 33.6 Å². The van der Waals surface area contributed by atoms with E-state index in [0.717, 1.165) is 12.3 Å². The van der Waals surface area contributed by atoms with E-state index in [2.05, 4.69) is 21.2 Å². The minimum atomic E-state index is -1.35. The standard InChI is InChI=1S/C14H12BrF2NO4/c1-6-10(16)8(15)4-9(11(6)17)18-5-7-12(19)21-14(2,3)22-13(7)20/h4-5,18H,1-3H3. The first kappa shape index (κ1) is 16.4. The van der Waals surface area contributed by atoms with Gasteiger partial charge in [0.15, 0.2) is 11.4 Å². The molecule has 0 saturated carbocycles. The molecule has 0 amide bonds.